The Morgan fingerprint density at radius 1 is 1.15 bits per heavy atom. The van der Waals surface area contributed by atoms with Crippen molar-refractivity contribution in [3.05, 3.63) is 34.4 Å². The summed E-state index contributed by atoms with van der Waals surface area (Å²) in [7, 11) is -3.93. The fourth-order valence-corrected chi connectivity index (χ4v) is 4.45. The number of benzene rings is 1. The Hall–Kier alpha value is -2.53. The normalized spacial score (nSPS) is 19.8. The maximum atomic E-state index is 12.7. The van der Waals surface area contributed by atoms with E-state index in [9.17, 15) is 33.2 Å². The molecule has 0 atom stereocenters. The Kier molecular flexibility index (Phi) is 4.44. The molecule has 140 valence electrons. The van der Waals surface area contributed by atoms with Gasteiger partial charge in [-0.3, -0.25) is 19.7 Å². The van der Waals surface area contributed by atoms with Crippen molar-refractivity contribution in [1.82, 2.24) is 9.21 Å². The van der Waals surface area contributed by atoms with E-state index in [1.807, 2.05) is 0 Å². The van der Waals surface area contributed by atoms with Crippen LogP contribution in [-0.2, 0) is 19.6 Å². The highest BCUT2D eigenvalue weighted by molar-refractivity contribution is 7.89. The van der Waals surface area contributed by atoms with Crippen molar-refractivity contribution in [2.45, 2.75) is 17.7 Å². The van der Waals surface area contributed by atoms with Crippen LogP contribution in [0, 0.1) is 15.5 Å². The maximum Gasteiger partial charge on any atom is 0.319 e. The molecule has 1 aliphatic heterocycles. The molecule has 3 rings (SSSR count). The van der Waals surface area contributed by atoms with Crippen molar-refractivity contribution in [3.63, 3.8) is 0 Å². The van der Waals surface area contributed by atoms with Gasteiger partial charge in [-0.2, -0.15) is 4.31 Å². The molecule has 1 aliphatic carbocycles. The summed E-state index contributed by atoms with van der Waals surface area (Å²) in [5.41, 5.74) is -1.67. The SMILES string of the molecule is O=C(O)C1(C(=O)N2CCN(S(=O)(=O)c3cccc([N+](=O)[O-])c3)CC2)CC1. The highest BCUT2D eigenvalue weighted by Crippen LogP contribution is 2.47. The molecule has 0 bridgehead atoms. The van der Waals surface area contributed by atoms with E-state index in [2.05, 4.69) is 0 Å². The topological polar surface area (TPSA) is 138 Å². The number of hydrogen-bond donors (Lipinski definition) is 1. The molecule has 0 unspecified atom stereocenters. The fourth-order valence-electron chi connectivity index (χ4n) is 2.99. The van der Waals surface area contributed by atoms with Gasteiger partial charge in [0.25, 0.3) is 5.69 Å². The second kappa shape index (κ2) is 6.32. The first-order valence-electron chi connectivity index (χ1n) is 7.96. The van der Waals surface area contributed by atoms with Gasteiger partial charge in [-0.15, -0.1) is 0 Å². The van der Waals surface area contributed by atoms with Gasteiger partial charge in [-0.25, -0.2) is 8.42 Å². The molecule has 10 nitrogen and oxygen atoms in total. The summed E-state index contributed by atoms with van der Waals surface area (Å²) in [5.74, 6) is -1.62. The highest BCUT2D eigenvalue weighted by Gasteiger charge is 2.58. The standard InChI is InChI=1S/C15H17N3O7S/c19-13(15(4-5-15)14(20)21)16-6-8-17(9-7-16)26(24,25)12-3-1-2-11(10-12)18(22)23/h1-3,10H,4-9H2,(H,20,21). The molecule has 2 fully saturated rings. The Labute approximate surface area is 149 Å². The van der Waals surface area contributed by atoms with Crippen molar-refractivity contribution in [1.29, 1.82) is 0 Å². The van der Waals surface area contributed by atoms with Crippen LogP contribution in [0.5, 0.6) is 0 Å². The van der Waals surface area contributed by atoms with E-state index in [0.717, 1.165) is 10.4 Å². The minimum Gasteiger partial charge on any atom is -0.480 e. The lowest BCUT2D eigenvalue weighted by Crippen LogP contribution is -2.53. The maximum absolute atomic E-state index is 12.7. The lowest BCUT2D eigenvalue weighted by molar-refractivity contribution is -0.385. The summed E-state index contributed by atoms with van der Waals surface area (Å²) in [6, 6.07) is 4.78. The summed E-state index contributed by atoms with van der Waals surface area (Å²) in [6.07, 6.45) is 0.598. The number of carboxylic acid groups (broad SMARTS) is 1. The van der Waals surface area contributed by atoms with Crippen LogP contribution in [0.1, 0.15) is 12.8 Å². The van der Waals surface area contributed by atoms with Crippen LogP contribution in [0.2, 0.25) is 0 Å². The zero-order valence-corrected chi connectivity index (χ0v) is 14.5. The van der Waals surface area contributed by atoms with Crippen molar-refractivity contribution in [3.8, 4) is 0 Å². The number of nitrogens with zero attached hydrogens (tertiary/aromatic N) is 3. The van der Waals surface area contributed by atoms with E-state index < -0.39 is 32.2 Å². The molecule has 1 heterocycles. The van der Waals surface area contributed by atoms with Crippen molar-refractivity contribution >= 4 is 27.6 Å². The summed E-state index contributed by atoms with van der Waals surface area (Å²) in [6.45, 7) is 0.184. The third-order valence-corrected chi connectivity index (χ3v) is 6.66. The Balaban J connectivity index is 1.71. The number of rotatable bonds is 5. The molecule has 0 spiro atoms. The first-order valence-corrected chi connectivity index (χ1v) is 9.40. The molecule has 1 saturated heterocycles. The molecule has 1 N–H and O–H groups in total. The van der Waals surface area contributed by atoms with Gasteiger partial charge >= 0.3 is 5.97 Å². The number of aliphatic carboxylic acids is 1. The van der Waals surface area contributed by atoms with Crippen molar-refractivity contribution < 1.29 is 28.0 Å². The van der Waals surface area contributed by atoms with Gasteiger partial charge in [-0.1, -0.05) is 6.07 Å². The van der Waals surface area contributed by atoms with Crippen molar-refractivity contribution in [2.24, 2.45) is 5.41 Å². The third-order valence-electron chi connectivity index (χ3n) is 4.76. The van der Waals surface area contributed by atoms with Crippen LogP contribution in [0.25, 0.3) is 0 Å². The predicted molar refractivity (Wildman–Crippen MR) is 87.7 cm³/mol. The summed E-state index contributed by atoms with van der Waals surface area (Å²) in [4.78, 5) is 35.0. The zero-order valence-electron chi connectivity index (χ0n) is 13.7. The van der Waals surface area contributed by atoms with Gasteiger partial charge in [0.15, 0.2) is 0 Å². The average molecular weight is 383 g/mol. The number of sulfonamides is 1. The molecule has 1 saturated carbocycles. The smallest absolute Gasteiger partial charge is 0.319 e. The summed E-state index contributed by atoms with van der Waals surface area (Å²) < 4.78 is 26.5. The minimum absolute atomic E-state index is 0.00641. The van der Waals surface area contributed by atoms with Crippen LogP contribution in [-0.4, -0.2) is 65.7 Å². The van der Waals surface area contributed by atoms with Gasteiger partial charge < -0.3 is 10.0 Å². The molecule has 1 amide bonds. The van der Waals surface area contributed by atoms with Crippen LogP contribution < -0.4 is 0 Å². The van der Waals surface area contributed by atoms with Gasteiger partial charge in [0.2, 0.25) is 15.9 Å². The lowest BCUT2D eigenvalue weighted by atomic mass is 10.1. The number of carbonyl (C=O) groups excluding carboxylic acids is 1. The Bertz CT molecular complexity index is 871. The number of non-ortho nitro benzene ring substituents is 1. The fraction of sp³-hybridized carbons (Fsp3) is 0.467. The minimum atomic E-state index is -3.93. The number of nitro groups is 1. The third kappa shape index (κ3) is 3.03. The van der Waals surface area contributed by atoms with E-state index in [0.29, 0.717) is 12.8 Å². The predicted octanol–water partition coefficient (Wildman–Crippen LogP) is 0.293. The molecule has 1 aromatic carbocycles. The largest absolute Gasteiger partial charge is 0.480 e. The second-order valence-corrected chi connectivity index (χ2v) is 8.28. The van der Waals surface area contributed by atoms with Crippen LogP contribution in [0.15, 0.2) is 29.2 Å². The number of nitro benzene ring substituents is 1. The number of piperazine rings is 1. The first-order chi connectivity index (χ1) is 12.2. The molecule has 26 heavy (non-hydrogen) atoms. The van der Waals surface area contributed by atoms with Crippen LogP contribution in [0.3, 0.4) is 0 Å². The molecular weight excluding hydrogens is 366 g/mol. The molecule has 11 heteroatoms. The molecule has 0 radical (unpaired) electrons. The van der Waals surface area contributed by atoms with E-state index in [1.54, 1.807) is 0 Å². The molecule has 1 aromatic rings. The van der Waals surface area contributed by atoms with Crippen molar-refractivity contribution in [2.75, 3.05) is 26.2 Å². The zero-order chi connectivity index (χ0) is 19.1. The first kappa shape index (κ1) is 18.3. The molecule has 0 aromatic heterocycles. The van der Waals surface area contributed by atoms with Crippen LogP contribution >= 0.6 is 0 Å². The van der Waals surface area contributed by atoms with Crippen LogP contribution in [0.4, 0.5) is 5.69 Å². The van der Waals surface area contributed by atoms with E-state index in [4.69, 9.17) is 0 Å². The molecule has 2 aliphatic rings. The van der Waals surface area contributed by atoms with Gasteiger partial charge in [-0.05, 0) is 18.9 Å². The quantitative estimate of drug-likeness (QED) is 0.438. The summed E-state index contributed by atoms with van der Waals surface area (Å²) in [5, 5.41) is 20.0. The molecular formula is C15H17N3O7S. The lowest BCUT2D eigenvalue weighted by Gasteiger charge is -2.35. The average Bonchev–Trinajstić information content (AvgIpc) is 3.43. The van der Waals surface area contributed by atoms with Gasteiger partial charge in [0.1, 0.15) is 5.41 Å². The number of amides is 1. The Morgan fingerprint density at radius 3 is 2.27 bits per heavy atom. The van der Waals surface area contributed by atoms with Gasteiger partial charge in [0.05, 0.1) is 9.82 Å². The summed E-state index contributed by atoms with van der Waals surface area (Å²) >= 11 is 0. The number of carboxylic acids is 1. The van der Waals surface area contributed by atoms with E-state index in [1.165, 1.54) is 23.1 Å². The number of hydrogen-bond acceptors (Lipinski definition) is 6. The van der Waals surface area contributed by atoms with Gasteiger partial charge in [0, 0.05) is 38.3 Å². The Morgan fingerprint density at radius 2 is 1.77 bits per heavy atom. The monoisotopic (exact) mass is 383 g/mol. The number of carbonyl (C=O) groups is 2. The van der Waals surface area contributed by atoms with E-state index in [-0.39, 0.29) is 36.8 Å². The highest BCUT2D eigenvalue weighted by atomic mass is 32.2. The van der Waals surface area contributed by atoms with E-state index >= 15 is 0 Å². The second-order valence-electron chi connectivity index (χ2n) is 6.34.